The molecule has 1 saturated heterocycles. The Bertz CT molecular complexity index is 269. The van der Waals surface area contributed by atoms with Gasteiger partial charge >= 0.3 is 0 Å². The lowest BCUT2D eigenvalue weighted by Gasteiger charge is -2.10. The highest BCUT2D eigenvalue weighted by Crippen LogP contribution is 2.08. The van der Waals surface area contributed by atoms with Crippen molar-refractivity contribution in [1.82, 2.24) is 10.6 Å². The third-order valence-corrected chi connectivity index (χ3v) is 3.03. The predicted molar refractivity (Wildman–Crippen MR) is 69.1 cm³/mol. The Balaban J connectivity index is 1.92. The number of unbranched alkanes of at least 4 members (excludes halogenated alkanes) is 2. The van der Waals surface area contributed by atoms with Gasteiger partial charge in [-0.2, -0.15) is 0 Å². The van der Waals surface area contributed by atoms with Crippen LogP contribution in [0.5, 0.6) is 0 Å². The fourth-order valence-electron chi connectivity index (χ4n) is 1.95. The van der Waals surface area contributed by atoms with Crippen molar-refractivity contribution in [3.63, 3.8) is 0 Å². The molecular weight excluding hydrogens is 232 g/mol. The van der Waals surface area contributed by atoms with Gasteiger partial charge in [-0.05, 0) is 19.3 Å². The average molecular weight is 256 g/mol. The average Bonchev–Trinajstić information content (AvgIpc) is 2.75. The van der Waals surface area contributed by atoms with Gasteiger partial charge in [0.15, 0.2) is 0 Å². The number of rotatable bonds is 9. The predicted octanol–water partition coefficient (Wildman–Crippen LogP) is 0.978. The van der Waals surface area contributed by atoms with Crippen LogP contribution in [0.4, 0.5) is 0 Å². The van der Waals surface area contributed by atoms with E-state index in [0.29, 0.717) is 19.6 Å². The van der Waals surface area contributed by atoms with E-state index in [9.17, 15) is 9.59 Å². The zero-order valence-corrected chi connectivity index (χ0v) is 11.2. The van der Waals surface area contributed by atoms with Crippen LogP contribution in [0, 0.1) is 0 Å². The fraction of sp³-hybridized carbons (Fsp3) is 0.846. The first kappa shape index (κ1) is 15.0. The maximum Gasteiger partial charge on any atom is 0.245 e. The standard InChI is InChI=1S/C13H24N2O3/c1-2-3-4-9-18-10-13(17)14-8-7-11-5-6-12(16)15-11/h11H,2-10H2,1H3,(H,14,17)(H,15,16)/t11-/m0/s1. The quantitative estimate of drug-likeness (QED) is 0.604. The highest BCUT2D eigenvalue weighted by Gasteiger charge is 2.19. The summed E-state index contributed by atoms with van der Waals surface area (Å²) in [4.78, 5) is 22.4. The molecule has 0 saturated carbocycles. The van der Waals surface area contributed by atoms with Crippen molar-refractivity contribution in [3.05, 3.63) is 0 Å². The number of hydrogen-bond acceptors (Lipinski definition) is 3. The van der Waals surface area contributed by atoms with E-state index in [0.717, 1.165) is 32.1 Å². The van der Waals surface area contributed by atoms with Crippen LogP contribution in [0.15, 0.2) is 0 Å². The third-order valence-electron chi connectivity index (χ3n) is 3.03. The Kier molecular flexibility index (Phi) is 7.41. The number of carbonyl (C=O) groups excluding carboxylic acids is 2. The zero-order valence-electron chi connectivity index (χ0n) is 11.2. The zero-order chi connectivity index (χ0) is 13.2. The van der Waals surface area contributed by atoms with Gasteiger partial charge in [0.05, 0.1) is 0 Å². The van der Waals surface area contributed by atoms with Gasteiger partial charge in [-0.1, -0.05) is 19.8 Å². The van der Waals surface area contributed by atoms with E-state index < -0.39 is 0 Å². The maximum absolute atomic E-state index is 11.4. The van der Waals surface area contributed by atoms with Gasteiger partial charge in [0.25, 0.3) is 0 Å². The minimum Gasteiger partial charge on any atom is -0.372 e. The van der Waals surface area contributed by atoms with Gasteiger partial charge in [0, 0.05) is 25.6 Å². The number of amides is 2. The monoisotopic (exact) mass is 256 g/mol. The second kappa shape index (κ2) is 8.91. The minimum absolute atomic E-state index is 0.0733. The van der Waals surface area contributed by atoms with Crippen molar-refractivity contribution in [2.24, 2.45) is 0 Å². The molecule has 1 fully saturated rings. The second-order valence-electron chi connectivity index (χ2n) is 4.70. The van der Waals surface area contributed by atoms with Crippen molar-refractivity contribution in [1.29, 1.82) is 0 Å². The summed E-state index contributed by atoms with van der Waals surface area (Å²) in [7, 11) is 0. The maximum atomic E-state index is 11.4. The molecule has 0 radical (unpaired) electrons. The fourth-order valence-corrected chi connectivity index (χ4v) is 1.95. The van der Waals surface area contributed by atoms with Crippen molar-refractivity contribution < 1.29 is 14.3 Å². The molecule has 104 valence electrons. The van der Waals surface area contributed by atoms with Gasteiger partial charge in [0.2, 0.25) is 11.8 Å². The molecule has 5 heteroatoms. The molecule has 18 heavy (non-hydrogen) atoms. The summed E-state index contributed by atoms with van der Waals surface area (Å²) in [5.41, 5.74) is 0. The van der Waals surface area contributed by atoms with Crippen molar-refractivity contribution >= 4 is 11.8 Å². The normalized spacial score (nSPS) is 18.7. The number of ether oxygens (including phenoxy) is 1. The molecule has 0 aromatic heterocycles. The minimum atomic E-state index is -0.0733. The van der Waals surface area contributed by atoms with E-state index in [2.05, 4.69) is 17.6 Å². The van der Waals surface area contributed by atoms with Crippen molar-refractivity contribution in [3.8, 4) is 0 Å². The molecule has 0 aromatic carbocycles. The van der Waals surface area contributed by atoms with Crippen LogP contribution in [0.25, 0.3) is 0 Å². The Labute approximate surface area is 109 Å². The van der Waals surface area contributed by atoms with Crippen LogP contribution >= 0.6 is 0 Å². The van der Waals surface area contributed by atoms with Crippen LogP contribution in [0.3, 0.4) is 0 Å². The van der Waals surface area contributed by atoms with Gasteiger partial charge in [0.1, 0.15) is 6.61 Å². The summed E-state index contributed by atoms with van der Waals surface area (Å²) in [6, 6.07) is 0.225. The number of hydrogen-bond donors (Lipinski definition) is 2. The molecule has 1 atom stereocenters. The lowest BCUT2D eigenvalue weighted by atomic mass is 10.1. The van der Waals surface area contributed by atoms with Gasteiger partial charge in [-0.3, -0.25) is 9.59 Å². The lowest BCUT2D eigenvalue weighted by molar-refractivity contribution is -0.125. The summed E-state index contributed by atoms with van der Waals surface area (Å²) < 4.78 is 5.26. The third kappa shape index (κ3) is 6.59. The summed E-state index contributed by atoms with van der Waals surface area (Å²) in [6.45, 7) is 3.53. The van der Waals surface area contributed by atoms with E-state index in [1.54, 1.807) is 0 Å². The largest absolute Gasteiger partial charge is 0.372 e. The first-order valence-corrected chi connectivity index (χ1v) is 6.86. The van der Waals surface area contributed by atoms with Crippen LogP contribution in [-0.4, -0.2) is 37.6 Å². The molecule has 1 heterocycles. The van der Waals surface area contributed by atoms with Crippen molar-refractivity contribution in [2.75, 3.05) is 19.8 Å². The van der Waals surface area contributed by atoms with Gasteiger partial charge in [-0.15, -0.1) is 0 Å². The van der Waals surface area contributed by atoms with E-state index in [4.69, 9.17) is 4.74 Å². The van der Waals surface area contributed by atoms with Crippen LogP contribution in [-0.2, 0) is 14.3 Å². The second-order valence-corrected chi connectivity index (χ2v) is 4.70. The topological polar surface area (TPSA) is 67.4 Å². The van der Waals surface area contributed by atoms with Crippen molar-refractivity contribution in [2.45, 2.75) is 51.5 Å². The van der Waals surface area contributed by atoms with Crippen LogP contribution in [0.2, 0.25) is 0 Å². The van der Waals surface area contributed by atoms with Crippen LogP contribution in [0.1, 0.15) is 45.4 Å². The first-order chi connectivity index (χ1) is 8.72. The smallest absolute Gasteiger partial charge is 0.245 e. The summed E-state index contributed by atoms with van der Waals surface area (Å²) >= 11 is 0. The Morgan fingerprint density at radius 3 is 3.00 bits per heavy atom. The van der Waals surface area contributed by atoms with E-state index in [1.165, 1.54) is 0 Å². The highest BCUT2D eigenvalue weighted by molar-refractivity contribution is 5.78. The SMILES string of the molecule is CCCCCOCC(=O)NCC[C@@H]1CCC(=O)N1. The lowest BCUT2D eigenvalue weighted by Crippen LogP contribution is -2.33. The molecule has 0 spiro atoms. The van der Waals surface area contributed by atoms with Gasteiger partial charge < -0.3 is 15.4 Å². The summed E-state index contributed by atoms with van der Waals surface area (Å²) in [5.74, 6) is 0.0430. The molecule has 5 nitrogen and oxygen atoms in total. The van der Waals surface area contributed by atoms with E-state index >= 15 is 0 Å². The van der Waals surface area contributed by atoms with E-state index in [1.807, 2.05) is 0 Å². The Hall–Kier alpha value is -1.10. The molecule has 1 aliphatic rings. The molecule has 1 rings (SSSR count). The Morgan fingerprint density at radius 1 is 1.50 bits per heavy atom. The molecule has 2 N–H and O–H groups in total. The molecule has 2 amide bonds. The number of nitrogens with one attached hydrogen (secondary N) is 2. The molecule has 1 aliphatic heterocycles. The van der Waals surface area contributed by atoms with Gasteiger partial charge in [-0.25, -0.2) is 0 Å². The molecule has 0 bridgehead atoms. The number of carbonyl (C=O) groups is 2. The van der Waals surface area contributed by atoms with Crippen LogP contribution < -0.4 is 10.6 Å². The first-order valence-electron chi connectivity index (χ1n) is 6.86. The molecule has 0 aliphatic carbocycles. The summed E-state index contributed by atoms with van der Waals surface area (Å²) in [6.07, 6.45) is 5.60. The summed E-state index contributed by atoms with van der Waals surface area (Å²) in [5, 5.41) is 5.67. The van der Waals surface area contributed by atoms with E-state index in [-0.39, 0.29) is 24.5 Å². The molecular formula is C13H24N2O3. The molecule has 0 unspecified atom stereocenters. The highest BCUT2D eigenvalue weighted by atomic mass is 16.5. The molecule has 0 aromatic rings. The Morgan fingerprint density at radius 2 is 2.33 bits per heavy atom.